The minimum atomic E-state index is -4.82. The van der Waals surface area contributed by atoms with Gasteiger partial charge in [-0.1, -0.05) is 26.0 Å². The van der Waals surface area contributed by atoms with E-state index in [1.54, 1.807) is 13.8 Å². The molecule has 0 spiro atoms. The number of hydrogen-bond donors (Lipinski definition) is 3. The Morgan fingerprint density at radius 2 is 1.94 bits per heavy atom. The third-order valence-corrected chi connectivity index (χ3v) is 4.76. The lowest BCUT2D eigenvalue weighted by Crippen LogP contribution is -2.56. The summed E-state index contributed by atoms with van der Waals surface area (Å²) in [6.07, 6.45) is -7.04. The Hall–Kier alpha value is -2.37. The van der Waals surface area contributed by atoms with Crippen LogP contribution in [-0.2, 0) is 25.6 Å². The number of halogens is 3. The minimum Gasteiger partial charge on any atom is -0.406 e. The maximum atomic E-state index is 12.5. The second kappa shape index (κ2) is 10.1. The van der Waals surface area contributed by atoms with Crippen LogP contribution in [0.15, 0.2) is 24.3 Å². The van der Waals surface area contributed by atoms with Gasteiger partial charge in [0.2, 0.25) is 11.8 Å². The van der Waals surface area contributed by atoms with Crippen LogP contribution in [0.4, 0.5) is 13.2 Å². The van der Waals surface area contributed by atoms with Crippen molar-refractivity contribution in [2.45, 2.75) is 65.0 Å². The highest BCUT2D eigenvalue weighted by molar-refractivity contribution is 5.82. The highest BCUT2D eigenvalue weighted by Crippen LogP contribution is 2.34. The number of benzene rings is 1. The molecule has 0 aromatic heterocycles. The Morgan fingerprint density at radius 3 is 2.59 bits per heavy atom. The molecule has 180 valence electrons. The van der Waals surface area contributed by atoms with Gasteiger partial charge in [-0.3, -0.25) is 9.59 Å². The lowest BCUT2D eigenvalue weighted by Gasteiger charge is -2.44. The summed E-state index contributed by atoms with van der Waals surface area (Å²) in [5.74, 6) is -2.40. The molecule has 11 heteroatoms. The Kier molecular flexibility index (Phi) is 8.13. The van der Waals surface area contributed by atoms with Gasteiger partial charge in [-0.05, 0) is 38.0 Å². The zero-order valence-electron chi connectivity index (χ0n) is 18.4. The van der Waals surface area contributed by atoms with Crippen LogP contribution in [-0.4, -0.2) is 54.4 Å². The summed E-state index contributed by atoms with van der Waals surface area (Å²) >= 11 is 0. The SMILES string of the molecule is CC1(C)OCC(C)(C)[C@H](C(=O)NCC[C@H](O)C(=O)NCc2cccc(OC(F)(F)F)c2)O1. The molecule has 1 saturated heterocycles. The molecule has 2 amide bonds. The molecule has 1 aromatic carbocycles. The fourth-order valence-electron chi connectivity index (χ4n) is 3.04. The molecule has 1 aromatic rings. The first-order valence-corrected chi connectivity index (χ1v) is 10.1. The van der Waals surface area contributed by atoms with Gasteiger partial charge >= 0.3 is 6.36 Å². The molecule has 0 unspecified atom stereocenters. The van der Waals surface area contributed by atoms with Crippen LogP contribution in [0.3, 0.4) is 0 Å². The van der Waals surface area contributed by atoms with E-state index in [1.165, 1.54) is 12.1 Å². The topological polar surface area (TPSA) is 106 Å². The van der Waals surface area contributed by atoms with Crippen molar-refractivity contribution in [1.82, 2.24) is 10.6 Å². The van der Waals surface area contributed by atoms with E-state index in [4.69, 9.17) is 9.47 Å². The number of amides is 2. The van der Waals surface area contributed by atoms with Gasteiger partial charge in [0, 0.05) is 18.5 Å². The Balaban J connectivity index is 1.78. The third kappa shape index (κ3) is 7.95. The molecule has 0 bridgehead atoms. The molecule has 8 nitrogen and oxygen atoms in total. The standard InChI is InChI=1S/C21H29F3N2O6/c1-19(2)12-30-20(3,4)32-16(19)18(29)25-9-8-15(27)17(28)26-11-13-6-5-7-14(10-13)31-21(22,23)24/h5-7,10,15-16,27H,8-9,11-12H2,1-4H3,(H,25,29)(H,26,28)/t15-,16-/m0/s1. The van der Waals surface area contributed by atoms with Crippen LogP contribution >= 0.6 is 0 Å². The van der Waals surface area contributed by atoms with E-state index < -0.39 is 41.4 Å². The van der Waals surface area contributed by atoms with Gasteiger partial charge in [0.05, 0.1) is 6.61 Å². The van der Waals surface area contributed by atoms with E-state index in [0.29, 0.717) is 12.2 Å². The number of hydrogen-bond acceptors (Lipinski definition) is 6. The Labute approximate surface area is 184 Å². The number of aliphatic hydroxyl groups excluding tert-OH is 1. The van der Waals surface area contributed by atoms with Crippen molar-refractivity contribution < 1.29 is 42.1 Å². The van der Waals surface area contributed by atoms with Crippen LogP contribution in [0.25, 0.3) is 0 Å². The van der Waals surface area contributed by atoms with E-state index in [1.807, 2.05) is 13.8 Å². The van der Waals surface area contributed by atoms with Crippen LogP contribution in [0.1, 0.15) is 39.7 Å². The van der Waals surface area contributed by atoms with Crippen molar-refractivity contribution in [3.8, 4) is 5.75 Å². The number of alkyl halides is 3. The summed E-state index contributed by atoms with van der Waals surface area (Å²) in [4.78, 5) is 24.6. The van der Waals surface area contributed by atoms with Crippen LogP contribution in [0, 0.1) is 5.41 Å². The zero-order valence-corrected chi connectivity index (χ0v) is 18.4. The van der Waals surface area contributed by atoms with Gasteiger partial charge in [-0.15, -0.1) is 13.2 Å². The molecular formula is C21H29F3N2O6. The third-order valence-electron chi connectivity index (χ3n) is 4.76. The van der Waals surface area contributed by atoms with E-state index in [2.05, 4.69) is 15.4 Å². The van der Waals surface area contributed by atoms with Crippen LogP contribution in [0.5, 0.6) is 5.75 Å². The number of carbonyl (C=O) groups excluding carboxylic acids is 2. The van der Waals surface area contributed by atoms with Crippen LogP contribution < -0.4 is 15.4 Å². The van der Waals surface area contributed by atoms with Gasteiger partial charge in [-0.25, -0.2) is 0 Å². The molecule has 3 N–H and O–H groups in total. The van der Waals surface area contributed by atoms with E-state index >= 15 is 0 Å². The van der Waals surface area contributed by atoms with E-state index in [9.17, 15) is 27.9 Å². The fraction of sp³-hybridized carbons (Fsp3) is 0.619. The fourth-order valence-corrected chi connectivity index (χ4v) is 3.04. The monoisotopic (exact) mass is 462 g/mol. The van der Waals surface area contributed by atoms with Gasteiger partial charge in [0.1, 0.15) is 18.0 Å². The lowest BCUT2D eigenvalue weighted by atomic mass is 9.85. The Morgan fingerprint density at radius 1 is 1.25 bits per heavy atom. The zero-order chi connectivity index (χ0) is 24.2. The second-order valence-corrected chi connectivity index (χ2v) is 8.68. The average Bonchev–Trinajstić information content (AvgIpc) is 2.67. The van der Waals surface area contributed by atoms with Crippen molar-refractivity contribution in [1.29, 1.82) is 0 Å². The minimum absolute atomic E-state index is 0.0273. The number of nitrogens with one attached hydrogen (secondary N) is 2. The van der Waals surface area contributed by atoms with Crippen molar-refractivity contribution >= 4 is 11.8 Å². The molecule has 1 heterocycles. The largest absolute Gasteiger partial charge is 0.573 e. The number of carbonyl (C=O) groups is 2. The predicted octanol–water partition coefficient (Wildman–Crippen LogP) is 2.25. The molecule has 0 radical (unpaired) electrons. The normalized spacial score (nSPS) is 20.8. The molecule has 2 atom stereocenters. The molecule has 2 rings (SSSR count). The number of aliphatic hydroxyl groups is 1. The highest BCUT2D eigenvalue weighted by atomic mass is 19.4. The first kappa shape index (κ1) is 25.9. The predicted molar refractivity (Wildman–Crippen MR) is 107 cm³/mol. The summed E-state index contributed by atoms with van der Waals surface area (Å²) in [7, 11) is 0. The quantitative estimate of drug-likeness (QED) is 0.547. The summed E-state index contributed by atoms with van der Waals surface area (Å²) in [6.45, 7) is 7.35. The van der Waals surface area contributed by atoms with Crippen molar-refractivity contribution in [3.63, 3.8) is 0 Å². The van der Waals surface area contributed by atoms with Crippen molar-refractivity contribution in [3.05, 3.63) is 29.8 Å². The van der Waals surface area contributed by atoms with E-state index in [-0.39, 0.29) is 25.4 Å². The molecule has 1 aliphatic rings. The maximum absolute atomic E-state index is 12.5. The average molecular weight is 462 g/mol. The highest BCUT2D eigenvalue weighted by Gasteiger charge is 2.45. The van der Waals surface area contributed by atoms with Gasteiger partial charge < -0.3 is 30.0 Å². The molecule has 0 saturated carbocycles. The van der Waals surface area contributed by atoms with Crippen LogP contribution in [0.2, 0.25) is 0 Å². The second-order valence-electron chi connectivity index (χ2n) is 8.68. The summed E-state index contributed by atoms with van der Waals surface area (Å²) < 4.78 is 52.0. The van der Waals surface area contributed by atoms with Crippen molar-refractivity contribution in [2.24, 2.45) is 5.41 Å². The first-order chi connectivity index (χ1) is 14.7. The molecular weight excluding hydrogens is 433 g/mol. The summed E-state index contributed by atoms with van der Waals surface area (Å²) in [5, 5.41) is 15.1. The maximum Gasteiger partial charge on any atom is 0.573 e. The lowest BCUT2D eigenvalue weighted by molar-refractivity contribution is -0.304. The first-order valence-electron chi connectivity index (χ1n) is 10.1. The van der Waals surface area contributed by atoms with Crippen molar-refractivity contribution in [2.75, 3.05) is 13.2 Å². The molecule has 1 fully saturated rings. The Bertz CT molecular complexity index is 813. The molecule has 32 heavy (non-hydrogen) atoms. The summed E-state index contributed by atoms with van der Waals surface area (Å²) in [5.41, 5.74) is -0.193. The van der Waals surface area contributed by atoms with Gasteiger partial charge in [0.15, 0.2) is 5.79 Å². The van der Waals surface area contributed by atoms with Gasteiger partial charge in [-0.2, -0.15) is 0 Å². The number of ether oxygens (including phenoxy) is 3. The van der Waals surface area contributed by atoms with E-state index in [0.717, 1.165) is 12.1 Å². The number of rotatable bonds is 8. The smallest absolute Gasteiger partial charge is 0.406 e. The molecule has 1 aliphatic heterocycles. The molecule has 0 aliphatic carbocycles. The van der Waals surface area contributed by atoms with Gasteiger partial charge in [0.25, 0.3) is 0 Å². The summed E-state index contributed by atoms with van der Waals surface area (Å²) in [6, 6.07) is 5.14.